The van der Waals surface area contributed by atoms with Gasteiger partial charge >= 0.3 is 0 Å². The van der Waals surface area contributed by atoms with Gasteiger partial charge in [-0.25, -0.2) is 0 Å². The van der Waals surface area contributed by atoms with Crippen LogP contribution in [0.3, 0.4) is 0 Å². The lowest BCUT2D eigenvalue weighted by molar-refractivity contribution is -0.128. The Kier molecular flexibility index (Phi) is 4.76. The Balaban J connectivity index is 1.66. The summed E-state index contributed by atoms with van der Waals surface area (Å²) in [7, 11) is 0. The summed E-state index contributed by atoms with van der Waals surface area (Å²) in [5.74, 6) is 0.245. The van der Waals surface area contributed by atoms with Crippen LogP contribution in [0.1, 0.15) is 19.8 Å². The number of ether oxygens (including phenoxy) is 2. The minimum Gasteiger partial charge on any atom is -0.376 e. The summed E-state index contributed by atoms with van der Waals surface area (Å²) in [6.07, 6.45) is 2.06. The molecular weight excluding hydrogens is 220 g/mol. The highest BCUT2D eigenvalue weighted by Crippen LogP contribution is 2.14. The second kappa shape index (κ2) is 6.33. The van der Waals surface area contributed by atoms with Gasteiger partial charge in [-0.1, -0.05) is 0 Å². The van der Waals surface area contributed by atoms with Crippen molar-refractivity contribution in [2.24, 2.45) is 5.92 Å². The first-order valence-corrected chi connectivity index (χ1v) is 6.46. The molecule has 2 fully saturated rings. The van der Waals surface area contributed by atoms with Crippen molar-refractivity contribution in [1.82, 2.24) is 10.6 Å². The van der Waals surface area contributed by atoms with E-state index in [-0.39, 0.29) is 17.9 Å². The normalized spacial score (nSPS) is 34.3. The highest BCUT2D eigenvalue weighted by atomic mass is 16.6. The Morgan fingerprint density at radius 1 is 1.41 bits per heavy atom. The number of carbonyl (C=O) groups is 1. The molecule has 2 heterocycles. The molecule has 2 N–H and O–H groups in total. The zero-order valence-corrected chi connectivity index (χ0v) is 10.4. The molecule has 0 aliphatic carbocycles. The first-order chi connectivity index (χ1) is 8.25. The number of rotatable bonds is 3. The number of amides is 1. The highest BCUT2D eigenvalue weighted by Gasteiger charge is 2.24. The van der Waals surface area contributed by atoms with E-state index in [0.29, 0.717) is 32.4 Å². The van der Waals surface area contributed by atoms with Crippen LogP contribution in [0.25, 0.3) is 0 Å². The summed E-state index contributed by atoms with van der Waals surface area (Å²) in [6, 6.07) is 0.536. The van der Waals surface area contributed by atoms with E-state index in [1.807, 2.05) is 0 Å². The minimum atomic E-state index is 0.0168. The van der Waals surface area contributed by atoms with Gasteiger partial charge in [0.2, 0.25) is 5.91 Å². The van der Waals surface area contributed by atoms with E-state index < -0.39 is 0 Å². The lowest BCUT2D eigenvalue weighted by Gasteiger charge is -2.28. The molecule has 1 amide bonds. The molecule has 0 saturated carbocycles. The fourth-order valence-corrected chi connectivity index (χ4v) is 2.24. The van der Waals surface area contributed by atoms with E-state index in [9.17, 15) is 4.79 Å². The molecule has 5 heteroatoms. The van der Waals surface area contributed by atoms with Gasteiger partial charge in [-0.05, 0) is 19.8 Å². The molecule has 2 aliphatic heterocycles. The van der Waals surface area contributed by atoms with Crippen LogP contribution in [0, 0.1) is 5.92 Å². The average molecular weight is 242 g/mol. The van der Waals surface area contributed by atoms with Crippen LogP contribution < -0.4 is 10.6 Å². The Morgan fingerprint density at radius 2 is 2.29 bits per heavy atom. The third-order valence-corrected chi connectivity index (χ3v) is 3.42. The molecule has 3 atom stereocenters. The van der Waals surface area contributed by atoms with Crippen molar-refractivity contribution in [3.8, 4) is 0 Å². The predicted molar refractivity (Wildman–Crippen MR) is 63.8 cm³/mol. The second-order valence-corrected chi connectivity index (χ2v) is 4.90. The topological polar surface area (TPSA) is 59.6 Å². The lowest BCUT2D eigenvalue weighted by Crippen LogP contribution is -2.47. The van der Waals surface area contributed by atoms with Crippen molar-refractivity contribution in [2.75, 3.05) is 32.9 Å². The van der Waals surface area contributed by atoms with Crippen molar-refractivity contribution in [2.45, 2.75) is 31.9 Å². The number of hydrogen-bond donors (Lipinski definition) is 2. The number of piperidine rings is 1. The summed E-state index contributed by atoms with van der Waals surface area (Å²) in [5, 5.41) is 6.29. The molecule has 98 valence electrons. The molecule has 2 aliphatic rings. The lowest BCUT2D eigenvalue weighted by atomic mass is 9.95. The van der Waals surface area contributed by atoms with Crippen molar-refractivity contribution in [3.63, 3.8) is 0 Å². The number of carbonyl (C=O) groups excluding carboxylic acids is 1. The Morgan fingerprint density at radius 3 is 2.94 bits per heavy atom. The van der Waals surface area contributed by atoms with Gasteiger partial charge in [0.1, 0.15) is 0 Å². The predicted octanol–water partition coefficient (Wildman–Crippen LogP) is -0.0939. The molecule has 0 aromatic carbocycles. The number of hydrogen-bond acceptors (Lipinski definition) is 4. The minimum absolute atomic E-state index is 0.0168. The summed E-state index contributed by atoms with van der Waals surface area (Å²) in [6.45, 7) is 5.37. The smallest absolute Gasteiger partial charge is 0.224 e. The van der Waals surface area contributed by atoms with Crippen molar-refractivity contribution in [1.29, 1.82) is 0 Å². The molecule has 5 nitrogen and oxygen atoms in total. The largest absolute Gasteiger partial charge is 0.376 e. The van der Waals surface area contributed by atoms with E-state index in [1.54, 1.807) is 0 Å². The summed E-state index contributed by atoms with van der Waals surface area (Å²) in [5.41, 5.74) is 0. The zero-order valence-electron chi connectivity index (χ0n) is 10.4. The third kappa shape index (κ3) is 3.94. The first-order valence-electron chi connectivity index (χ1n) is 6.46. The van der Waals surface area contributed by atoms with Crippen LogP contribution in [0.2, 0.25) is 0 Å². The number of nitrogens with one attached hydrogen (secondary N) is 2. The van der Waals surface area contributed by atoms with Crippen LogP contribution in [-0.4, -0.2) is 51.0 Å². The van der Waals surface area contributed by atoms with E-state index in [4.69, 9.17) is 9.47 Å². The highest BCUT2D eigenvalue weighted by molar-refractivity contribution is 5.79. The van der Waals surface area contributed by atoms with E-state index >= 15 is 0 Å². The van der Waals surface area contributed by atoms with Gasteiger partial charge in [-0.3, -0.25) is 4.79 Å². The maximum Gasteiger partial charge on any atom is 0.224 e. The monoisotopic (exact) mass is 242 g/mol. The van der Waals surface area contributed by atoms with Crippen LogP contribution in [0.5, 0.6) is 0 Å². The third-order valence-electron chi connectivity index (χ3n) is 3.42. The van der Waals surface area contributed by atoms with Crippen molar-refractivity contribution >= 4 is 5.91 Å². The molecule has 3 unspecified atom stereocenters. The fraction of sp³-hybridized carbons (Fsp3) is 0.917. The summed E-state index contributed by atoms with van der Waals surface area (Å²) in [4.78, 5) is 11.9. The van der Waals surface area contributed by atoms with Gasteiger partial charge in [-0.2, -0.15) is 0 Å². The van der Waals surface area contributed by atoms with Gasteiger partial charge in [0.15, 0.2) is 0 Å². The molecule has 0 radical (unpaired) electrons. The second-order valence-electron chi connectivity index (χ2n) is 4.90. The Labute approximate surface area is 102 Å². The molecule has 0 bridgehead atoms. The zero-order chi connectivity index (χ0) is 12.1. The van der Waals surface area contributed by atoms with E-state index in [2.05, 4.69) is 17.6 Å². The molecule has 0 spiro atoms. The molecule has 0 aromatic heterocycles. The SMILES string of the molecule is CC1CCC(C(=O)NCC2COCCO2)CN1. The quantitative estimate of drug-likeness (QED) is 0.726. The summed E-state index contributed by atoms with van der Waals surface area (Å²) >= 11 is 0. The Hall–Kier alpha value is -0.650. The molecule has 17 heavy (non-hydrogen) atoms. The molecule has 2 saturated heterocycles. The average Bonchev–Trinajstić information content (AvgIpc) is 2.38. The van der Waals surface area contributed by atoms with Crippen molar-refractivity contribution in [3.05, 3.63) is 0 Å². The van der Waals surface area contributed by atoms with Crippen LogP contribution >= 0.6 is 0 Å². The molecule has 0 aromatic rings. The van der Waals surface area contributed by atoms with Gasteiger partial charge < -0.3 is 20.1 Å². The van der Waals surface area contributed by atoms with E-state index in [1.165, 1.54) is 0 Å². The standard InChI is InChI=1S/C12H22N2O3/c1-9-2-3-10(6-13-9)12(15)14-7-11-8-16-4-5-17-11/h9-11,13H,2-8H2,1H3,(H,14,15). The van der Waals surface area contributed by atoms with Gasteiger partial charge in [-0.15, -0.1) is 0 Å². The van der Waals surface area contributed by atoms with E-state index in [0.717, 1.165) is 19.4 Å². The molecular formula is C12H22N2O3. The maximum absolute atomic E-state index is 11.9. The van der Waals surface area contributed by atoms with Gasteiger partial charge in [0.25, 0.3) is 0 Å². The van der Waals surface area contributed by atoms with Crippen molar-refractivity contribution < 1.29 is 14.3 Å². The molecule has 2 rings (SSSR count). The maximum atomic E-state index is 11.9. The van der Waals surface area contributed by atoms with Crippen LogP contribution in [0.15, 0.2) is 0 Å². The summed E-state index contributed by atoms with van der Waals surface area (Å²) < 4.78 is 10.8. The first kappa shape index (κ1) is 12.8. The van der Waals surface area contributed by atoms with Crippen LogP contribution in [-0.2, 0) is 14.3 Å². The van der Waals surface area contributed by atoms with Gasteiger partial charge in [0, 0.05) is 19.1 Å². The van der Waals surface area contributed by atoms with Gasteiger partial charge in [0.05, 0.1) is 31.8 Å². The Bertz CT molecular complexity index is 246. The fourth-order valence-electron chi connectivity index (χ4n) is 2.24. The van der Waals surface area contributed by atoms with Crippen LogP contribution in [0.4, 0.5) is 0 Å².